The fraction of sp³-hybridized carbons (Fsp3) is 0.111. The van der Waals surface area contributed by atoms with Gasteiger partial charge in [0.15, 0.2) is 5.82 Å². The van der Waals surface area contributed by atoms with Gasteiger partial charge >= 0.3 is 0 Å². The van der Waals surface area contributed by atoms with Gasteiger partial charge in [-0.1, -0.05) is 24.3 Å². The van der Waals surface area contributed by atoms with Gasteiger partial charge in [-0.25, -0.2) is 9.97 Å². The van der Waals surface area contributed by atoms with Gasteiger partial charge in [-0.05, 0) is 37.1 Å². The summed E-state index contributed by atoms with van der Waals surface area (Å²) in [4.78, 5) is 9.03. The van der Waals surface area contributed by atoms with E-state index in [1.54, 1.807) is 12.5 Å². The number of hydrogen-bond donors (Lipinski definition) is 2. The van der Waals surface area contributed by atoms with Crippen molar-refractivity contribution in [2.45, 2.75) is 13.8 Å². The van der Waals surface area contributed by atoms with Crippen LogP contribution in [0.25, 0.3) is 16.6 Å². The molecule has 4 rings (SSSR count). The van der Waals surface area contributed by atoms with Crippen molar-refractivity contribution in [3.05, 3.63) is 60.0 Å². The van der Waals surface area contributed by atoms with Gasteiger partial charge in [-0.3, -0.25) is 4.40 Å². The summed E-state index contributed by atoms with van der Waals surface area (Å²) < 4.78 is 1.98. The van der Waals surface area contributed by atoms with E-state index in [9.17, 15) is 0 Å². The molecule has 114 valence electrons. The van der Waals surface area contributed by atoms with Crippen molar-refractivity contribution in [1.29, 1.82) is 0 Å². The highest BCUT2D eigenvalue weighted by molar-refractivity contribution is 5.93. The molecule has 0 saturated carbocycles. The minimum absolute atomic E-state index is 0.691. The summed E-state index contributed by atoms with van der Waals surface area (Å²) in [6.45, 7) is 4.17. The molecule has 4 aromatic rings. The molecule has 2 aromatic carbocycles. The monoisotopic (exact) mass is 303 g/mol. The zero-order valence-corrected chi connectivity index (χ0v) is 13.0. The lowest BCUT2D eigenvalue weighted by atomic mass is 10.1. The topological polar surface area (TPSA) is 68.2 Å². The second kappa shape index (κ2) is 4.98. The maximum atomic E-state index is 6.12. The Morgan fingerprint density at radius 1 is 1.04 bits per heavy atom. The third-order valence-corrected chi connectivity index (χ3v) is 4.12. The SMILES string of the molecule is Cc1cccc(C)c1Nc1nc2cccc(N)c2n2cncc12. The first-order valence-corrected chi connectivity index (χ1v) is 7.48. The Morgan fingerprint density at radius 3 is 2.57 bits per heavy atom. The highest BCUT2D eigenvalue weighted by Crippen LogP contribution is 2.29. The molecule has 2 aromatic heterocycles. The molecule has 0 spiro atoms. The number of imidazole rings is 1. The standard InChI is InChI=1S/C18H17N5/c1-11-5-3-6-12(2)16(11)22-18-15-9-20-10-23(15)17-13(19)7-4-8-14(17)21-18/h3-10H,19H2,1-2H3,(H,21,22). The summed E-state index contributed by atoms with van der Waals surface area (Å²) in [5.74, 6) is 0.776. The van der Waals surface area contributed by atoms with E-state index in [4.69, 9.17) is 10.7 Å². The summed E-state index contributed by atoms with van der Waals surface area (Å²) in [5.41, 5.74) is 12.9. The number of nitrogens with two attached hydrogens (primary N) is 1. The summed E-state index contributed by atoms with van der Waals surface area (Å²) in [6, 6.07) is 12.0. The molecule has 2 heterocycles. The largest absolute Gasteiger partial charge is 0.397 e. The van der Waals surface area contributed by atoms with Crippen molar-refractivity contribution in [1.82, 2.24) is 14.4 Å². The predicted octanol–water partition coefficient (Wildman–Crippen LogP) is 3.83. The van der Waals surface area contributed by atoms with E-state index in [1.165, 1.54) is 11.1 Å². The van der Waals surface area contributed by atoms with Crippen LogP contribution in [0.4, 0.5) is 17.2 Å². The quantitative estimate of drug-likeness (QED) is 0.552. The summed E-state index contributed by atoms with van der Waals surface area (Å²) in [7, 11) is 0. The van der Waals surface area contributed by atoms with E-state index >= 15 is 0 Å². The van der Waals surface area contributed by atoms with Crippen molar-refractivity contribution >= 4 is 33.7 Å². The number of para-hydroxylation sites is 2. The van der Waals surface area contributed by atoms with Crippen LogP contribution in [0, 0.1) is 13.8 Å². The maximum absolute atomic E-state index is 6.12. The molecule has 0 fully saturated rings. The van der Waals surface area contributed by atoms with Crippen LogP contribution in [-0.2, 0) is 0 Å². The van der Waals surface area contributed by atoms with Crippen molar-refractivity contribution in [3.8, 4) is 0 Å². The molecule has 0 atom stereocenters. The molecule has 0 aliphatic heterocycles. The van der Waals surface area contributed by atoms with E-state index in [0.29, 0.717) is 5.69 Å². The predicted molar refractivity (Wildman–Crippen MR) is 94.1 cm³/mol. The smallest absolute Gasteiger partial charge is 0.157 e. The number of benzene rings is 2. The van der Waals surface area contributed by atoms with Gasteiger partial charge < -0.3 is 11.1 Å². The summed E-state index contributed by atoms with van der Waals surface area (Å²) >= 11 is 0. The molecule has 0 radical (unpaired) electrons. The lowest BCUT2D eigenvalue weighted by Crippen LogP contribution is -2.03. The lowest BCUT2D eigenvalue weighted by molar-refractivity contribution is 1.19. The number of aryl methyl sites for hydroxylation is 2. The van der Waals surface area contributed by atoms with Crippen LogP contribution < -0.4 is 11.1 Å². The number of nitrogens with zero attached hydrogens (tertiary/aromatic N) is 3. The number of anilines is 3. The molecule has 0 amide bonds. The fourth-order valence-corrected chi connectivity index (χ4v) is 2.95. The zero-order valence-electron chi connectivity index (χ0n) is 13.0. The first-order chi connectivity index (χ1) is 11.1. The van der Waals surface area contributed by atoms with Gasteiger partial charge in [-0.2, -0.15) is 0 Å². The number of rotatable bonds is 2. The van der Waals surface area contributed by atoms with E-state index in [0.717, 1.165) is 28.1 Å². The van der Waals surface area contributed by atoms with Crippen LogP contribution in [0.1, 0.15) is 11.1 Å². The summed E-state index contributed by atoms with van der Waals surface area (Å²) in [5, 5.41) is 3.47. The van der Waals surface area contributed by atoms with Crippen LogP contribution in [0.3, 0.4) is 0 Å². The molecule has 23 heavy (non-hydrogen) atoms. The Kier molecular flexibility index (Phi) is 2.94. The second-order valence-electron chi connectivity index (χ2n) is 5.72. The second-order valence-corrected chi connectivity index (χ2v) is 5.72. The average molecular weight is 303 g/mol. The van der Waals surface area contributed by atoms with Crippen molar-refractivity contribution in [3.63, 3.8) is 0 Å². The third-order valence-electron chi connectivity index (χ3n) is 4.12. The van der Waals surface area contributed by atoms with Gasteiger partial charge in [0.05, 0.1) is 29.2 Å². The molecule has 0 bridgehead atoms. The van der Waals surface area contributed by atoms with Gasteiger partial charge in [0.25, 0.3) is 0 Å². The lowest BCUT2D eigenvalue weighted by Gasteiger charge is -2.14. The number of hydrogen-bond acceptors (Lipinski definition) is 4. The van der Waals surface area contributed by atoms with Gasteiger partial charge in [0.2, 0.25) is 0 Å². The molecule has 5 nitrogen and oxygen atoms in total. The number of aromatic nitrogens is 3. The fourth-order valence-electron chi connectivity index (χ4n) is 2.95. The first-order valence-electron chi connectivity index (χ1n) is 7.48. The van der Waals surface area contributed by atoms with Crippen molar-refractivity contribution in [2.24, 2.45) is 0 Å². The molecule has 0 aliphatic carbocycles. The van der Waals surface area contributed by atoms with Crippen LogP contribution in [0.5, 0.6) is 0 Å². The molecule has 0 saturated heterocycles. The van der Waals surface area contributed by atoms with Crippen LogP contribution in [0.2, 0.25) is 0 Å². The molecule has 5 heteroatoms. The van der Waals surface area contributed by atoms with E-state index in [2.05, 4.69) is 42.3 Å². The molecule has 0 unspecified atom stereocenters. The average Bonchev–Trinajstić information content (AvgIpc) is 3.00. The number of nitrogen functional groups attached to an aromatic ring is 1. The van der Waals surface area contributed by atoms with Crippen LogP contribution >= 0.6 is 0 Å². The maximum Gasteiger partial charge on any atom is 0.157 e. The third kappa shape index (κ3) is 2.09. The molecule has 3 N–H and O–H groups in total. The van der Waals surface area contributed by atoms with Crippen LogP contribution in [-0.4, -0.2) is 14.4 Å². The van der Waals surface area contributed by atoms with Crippen LogP contribution in [0.15, 0.2) is 48.9 Å². The highest BCUT2D eigenvalue weighted by atomic mass is 15.1. The van der Waals surface area contributed by atoms with Gasteiger partial charge in [-0.15, -0.1) is 0 Å². The normalized spacial score (nSPS) is 11.2. The van der Waals surface area contributed by atoms with Crippen molar-refractivity contribution < 1.29 is 0 Å². The molecular weight excluding hydrogens is 286 g/mol. The minimum Gasteiger partial charge on any atom is -0.397 e. The number of nitrogens with one attached hydrogen (secondary N) is 1. The Balaban J connectivity index is 1.98. The van der Waals surface area contributed by atoms with Crippen molar-refractivity contribution in [2.75, 3.05) is 11.1 Å². The Morgan fingerprint density at radius 2 is 1.78 bits per heavy atom. The zero-order chi connectivity index (χ0) is 16.0. The Hall–Kier alpha value is -3.08. The minimum atomic E-state index is 0.691. The van der Waals surface area contributed by atoms with E-state index in [-0.39, 0.29) is 0 Å². The number of fused-ring (bicyclic) bond motifs is 3. The van der Waals surface area contributed by atoms with Gasteiger partial charge in [0, 0.05) is 5.69 Å². The van der Waals surface area contributed by atoms with E-state index < -0.39 is 0 Å². The Bertz CT molecular complexity index is 1010. The van der Waals surface area contributed by atoms with Gasteiger partial charge in [0.1, 0.15) is 5.52 Å². The highest BCUT2D eigenvalue weighted by Gasteiger charge is 2.12. The first kappa shape index (κ1) is 13.6. The molecule has 0 aliphatic rings. The molecular formula is C18H17N5. The Labute approximate surface area is 133 Å². The van der Waals surface area contributed by atoms with E-state index in [1.807, 2.05) is 22.6 Å². The summed E-state index contributed by atoms with van der Waals surface area (Å²) in [6.07, 6.45) is 3.57.